The van der Waals surface area contributed by atoms with Crippen LogP contribution in [0.1, 0.15) is 35.9 Å². The monoisotopic (exact) mass is 779 g/mol. The average Bonchev–Trinajstić information content (AvgIpc) is 3.53. The number of carbonyl (C=O) groups excluding carboxylic acids is 2. The van der Waals surface area contributed by atoms with Crippen molar-refractivity contribution in [3.8, 4) is 17.1 Å². The fraction of sp³-hybridized carbons (Fsp3) is 0.241. The van der Waals surface area contributed by atoms with Crippen LogP contribution in [0, 0.1) is 0 Å². The summed E-state index contributed by atoms with van der Waals surface area (Å²) in [6.07, 6.45) is 3.63. The quantitative estimate of drug-likeness (QED) is 0.109. The molecular formula is C29H23Cl6N5O4S2. The molecule has 1 fully saturated rings. The van der Waals surface area contributed by atoms with Gasteiger partial charge in [-0.25, -0.2) is 19.7 Å². The van der Waals surface area contributed by atoms with E-state index < -0.39 is 13.6 Å². The Morgan fingerprint density at radius 2 is 1.50 bits per heavy atom. The Balaban J connectivity index is 0.000000209. The molecule has 0 radical (unpaired) electrons. The highest BCUT2D eigenvalue weighted by molar-refractivity contribution is 8.26. The van der Waals surface area contributed by atoms with E-state index in [9.17, 15) is 9.59 Å². The Morgan fingerprint density at radius 1 is 0.913 bits per heavy atom. The van der Waals surface area contributed by atoms with Crippen molar-refractivity contribution in [2.24, 2.45) is 0 Å². The van der Waals surface area contributed by atoms with Crippen LogP contribution in [-0.4, -0.2) is 56.2 Å². The van der Waals surface area contributed by atoms with Gasteiger partial charge in [0, 0.05) is 24.7 Å². The number of thioether (sulfide) groups is 1. The minimum atomic E-state index is -1.94. The van der Waals surface area contributed by atoms with Crippen LogP contribution in [0.5, 0.6) is 5.75 Å². The molecule has 2 aromatic carbocycles. The number of hydrogen-bond acceptors (Lipinski definition) is 10. The van der Waals surface area contributed by atoms with E-state index in [1.54, 1.807) is 23.1 Å². The molecule has 0 bridgehead atoms. The van der Waals surface area contributed by atoms with Crippen LogP contribution in [0.15, 0.2) is 71.5 Å². The van der Waals surface area contributed by atoms with E-state index in [1.807, 2.05) is 37.3 Å². The Labute approximate surface area is 304 Å². The molecule has 0 atom stereocenters. The summed E-state index contributed by atoms with van der Waals surface area (Å²) in [5.74, 6) is 0.764. The number of hydrogen-bond donors (Lipinski definition) is 0. The molecule has 3 heterocycles. The zero-order valence-electron chi connectivity index (χ0n) is 24.1. The molecule has 5 rings (SSSR count). The van der Waals surface area contributed by atoms with Gasteiger partial charge >= 0.3 is 5.97 Å². The largest absolute Gasteiger partial charge is 0.465 e. The van der Waals surface area contributed by atoms with E-state index in [1.165, 1.54) is 31.0 Å². The molecule has 0 aliphatic carbocycles. The molecule has 0 unspecified atom stereocenters. The second kappa shape index (κ2) is 15.3. The van der Waals surface area contributed by atoms with Gasteiger partial charge in [0.25, 0.3) is 5.91 Å². The number of anilines is 1. The number of benzene rings is 2. The van der Waals surface area contributed by atoms with Crippen molar-refractivity contribution < 1.29 is 19.1 Å². The fourth-order valence-corrected chi connectivity index (χ4v) is 5.90. The normalized spacial score (nSPS) is 16.4. The summed E-state index contributed by atoms with van der Waals surface area (Å²) in [5, 5.41) is 0. The number of fused-ring (bicyclic) bond motifs is 1. The van der Waals surface area contributed by atoms with E-state index >= 15 is 0 Å². The summed E-state index contributed by atoms with van der Waals surface area (Å²) >= 11 is 41.4. The number of halogens is 6. The van der Waals surface area contributed by atoms with Gasteiger partial charge < -0.3 is 14.4 Å². The van der Waals surface area contributed by atoms with Crippen molar-refractivity contribution in [3.05, 3.63) is 88.7 Å². The minimum Gasteiger partial charge on any atom is -0.465 e. The van der Waals surface area contributed by atoms with Gasteiger partial charge in [-0.2, -0.15) is 0 Å². The van der Waals surface area contributed by atoms with Crippen molar-refractivity contribution in [2.75, 3.05) is 25.1 Å². The van der Waals surface area contributed by atoms with Gasteiger partial charge in [0.15, 0.2) is 23.2 Å². The van der Waals surface area contributed by atoms with Gasteiger partial charge in [0.1, 0.15) is 4.32 Å². The second-order valence-corrected chi connectivity index (χ2v) is 15.4. The molecule has 3 aromatic rings. The number of amides is 1. The third-order valence-electron chi connectivity index (χ3n) is 6.23. The first kappa shape index (κ1) is 36.5. The molecule has 9 nitrogen and oxygen atoms in total. The summed E-state index contributed by atoms with van der Waals surface area (Å²) < 4.78 is 7.22. The molecular weight excluding hydrogens is 759 g/mol. The Bertz CT molecular complexity index is 1680. The average molecular weight is 782 g/mol. The predicted octanol–water partition coefficient (Wildman–Crippen LogP) is 8.49. The number of ether oxygens (including phenoxy) is 2. The molecule has 0 spiro atoms. The lowest BCUT2D eigenvalue weighted by Gasteiger charge is -2.15. The lowest BCUT2D eigenvalue weighted by atomic mass is 10.1. The third kappa shape index (κ3) is 8.56. The van der Waals surface area contributed by atoms with Gasteiger partial charge in [-0.3, -0.25) is 9.69 Å². The van der Waals surface area contributed by atoms with Gasteiger partial charge in [0.05, 0.1) is 23.3 Å². The predicted molar refractivity (Wildman–Crippen MR) is 189 cm³/mol. The molecule has 2 aliphatic heterocycles. The Kier molecular flexibility index (Phi) is 12.1. The van der Waals surface area contributed by atoms with E-state index in [0.717, 1.165) is 23.9 Å². The highest BCUT2D eigenvalue weighted by atomic mass is 35.6. The third-order valence-corrected chi connectivity index (χ3v) is 8.64. The van der Waals surface area contributed by atoms with Gasteiger partial charge in [-0.05, 0) is 44.2 Å². The van der Waals surface area contributed by atoms with Crippen LogP contribution in [0.2, 0.25) is 0 Å². The van der Waals surface area contributed by atoms with E-state index in [0.29, 0.717) is 26.9 Å². The molecule has 0 N–H and O–H groups in total. The maximum absolute atomic E-state index is 12.2. The summed E-state index contributed by atoms with van der Waals surface area (Å²) in [4.78, 5) is 40.0. The number of thiocarbonyl (C=S) groups is 1. The van der Waals surface area contributed by atoms with Crippen LogP contribution in [0.3, 0.4) is 0 Å². The Hall–Kier alpha value is -2.35. The smallest absolute Gasteiger partial charge is 0.337 e. The summed E-state index contributed by atoms with van der Waals surface area (Å²) in [6, 6.07) is 14.1. The van der Waals surface area contributed by atoms with Crippen LogP contribution in [0.25, 0.3) is 11.4 Å². The number of nitrogens with zero attached hydrogens (tertiary/aromatic N) is 5. The van der Waals surface area contributed by atoms with Crippen LogP contribution < -0.4 is 9.64 Å². The van der Waals surface area contributed by atoms with Gasteiger partial charge in [-0.15, -0.1) is 0 Å². The molecule has 0 saturated carbocycles. The van der Waals surface area contributed by atoms with Crippen molar-refractivity contribution in [1.29, 1.82) is 0 Å². The van der Waals surface area contributed by atoms with Crippen molar-refractivity contribution in [2.45, 2.75) is 21.4 Å². The first-order valence-corrected chi connectivity index (χ1v) is 16.8. The highest BCUT2D eigenvalue weighted by Crippen LogP contribution is 2.41. The molecule has 1 amide bonds. The topological polar surface area (TPSA) is 97.8 Å². The van der Waals surface area contributed by atoms with Crippen LogP contribution >= 0.6 is 93.6 Å². The number of methoxy groups -OCH3 is 1. The first-order chi connectivity index (χ1) is 21.7. The summed E-state index contributed by atoms with van der Waals surface area (Å²) in [5.41, 5.74) is 1.89. The van der Waals surface area contributed by atoms with Crippen molar-refractivity contribution in [1.82, 2.24) is 19.9 Å². The van der Waals surface area contributed by atoms with E-state index in [2.05, 4.69) is 31.5 Å². The summed E-state index contributed by atoms with van der Waals surface area (Å²) in [7, 11) is 1.28. The number of aromatic nitrogens is 3. The number of esters is 1. The van der Waals surface area contributed by atoms with Crippen molar-refractivity contribution in [3.63, 3.8) is 0 Å². The molecule has 17 heteroatoms. The number of allylic oxidation sites excluding steroid dienone is 2. The maximum atomic E-state index is 12.2. The molecule has 1 saturated heterocycles. The lowest BCUT2D eigenvalue weighted by Crippen LogP contribution is -2.27. The Morgan fingerprint density at radius 3 is 2.02 bits per heavy atom. The van der Waals surface area contributed by atoms with Gasteiger partial charge in [-0.1, -0.05) is 118 Å². The summed E-state index contributed by atoms with van der Waals surface area (Å²) in [6.45, 7) is 5.38. The van der Waals surface area contributed by atoms with E-state index in [4.69, 9.17) is 86.6 Å². The molecule has 242 valence electrons. The number of carbonyl (C=O) groups is 2. The zero-order chi connectivity index (χ0) is 33.8. The molecule has 2 aliphatic rings. The SMILES string of the molecule is CCN1C(=O)C(=CC=C2Oc3ccccc3N2CC)SC1=S.COC(=O)c1ccc(-c2nc(C(Cl)(Cl)Cl)nc(C(Cl)(Cl)Cl)n2)cc1. The fourth-order valence-electron chi connectivity index (χ4n) is 4.07. The number of likely N-dealkylation sites (N-methyl/N-ethyl adjacent to an activating group) is 1. The standard InChI is InChI=1S/C16H16N2O2S2.C13H7Cl6N3O2/c1-3-17-11-7-5-6-8-12(11)20-14(17)10-9-13-15(19)18(4-2)16(21)22-13;1-24-9(23)7-4-2-6(3-5-7)8-20-10(12(14,15)16)22-11(21-8)13(17,18)19/h5-10H,3-4H2,1-2H3;2-5H,1H3. The minimum absolute atomic E-state index is 0.0343. The molecule has 1 aromatic heterocycles. The van der Waals surface area contributed by atoms with Crippen LogP contribution in [-0.2, 0) is 17.1 Å². The number of para-hydroxylation sites is 2. The first-order valence-electron chi connectivity index (χ1n) is 13.3. The van der Waals surface area contributed by atoms with Crippen molar-refractivity contribution >= 4 is 115 Å². The molecule has 46 heavy (non-hydrogen) atoms. The number of rotatable bonds is 5. The second-order valence-electron chi connectivity index (χ2n) is 9.14. The number of alkyl halides is 6. The van der Waals surface area contributed by atoms with Gasteiger partial charge in [0.2, 0.25) is 13.5 Å². The maximum Gasteiger partial charge on any atom is 0.337 e. The zero-order valence-corrected chi connectivity index (χ0v) is 30.3. The highest BCUT2D eigenvalue weighted by Gasteiger charge is 2.34. The van der Waals surface area contributed by atoms with E-state index in [-0.39, 0.29) is 23.4 Å². The van der Waals surface area contributed by atoms with Crippen LogP contribution in [0.4, 0.5) is 5.69 Å². The lowest BCUT2D eigenvalue weighted by molar-refractivity contribution is -0.122.